The van der Waals surface area contributed by atoms with Crippen LogP contribution < -0.4 is 15.2 Å². The normalized spacial score (nSPS) is 23.2. The van der Waals surface area contributed by atoms with Crippen LogP contribution in [0.5, 0.6) is 0 Å². The van der Waals surface area contributed by atoms with Crippen LogP contribution in [0.25, 0.3) is 6.20 Å². The molecule has 1 fully saturated rings. The van der Waals surface area contributed by atoms with Gasteiger partial charge in [-0.05, 0) is 31.3 Å². The van der Waals surface area contributed by atoms with Gasteiger partial charge in [0.15, 0.2) is 0 Å². The van der Waals surface area contributed by atoms with E-state index in [1.54, 1.807) is 6.33 Å². The van der Waals surface area contributed by atoms with Crippen molar-refractivity contribution in [3.05, 3.63) is 18.6 Å². The zero-order chi connectivity index (χ0) is 15.6. The van der Waals surface area contributed by atoms with E-state index in [9.17, 15) is 8.42 Å². The summed E-state index contributed by atoms with van der Waals surface area (Å²) in [6.45, 7) is 2.41. The molecule has 2 aliphatic rings. The lowest BCUT2D eigenvalue weighted by molar-refractivity contribution is 0.161. The number of aromatic nitrogens is 2. The van der Waals surface area contributed by atoms with Crippen LogP contribution >= 0.6 is 0 Å². The number of rotatable bonds is 5. The third-order valence-electron chi connectivity index (χ3n) is 4.29. The number of likely N-dealkylation sites (tertiary alicyclic amines) is 1. The number of nitrogens with zero attached hydrogens (tertiary/aromatic N) is 3. The van der Waals surface area contributed by atoms with Crippen molar-refractivity contribution in [1.82, 2.24) is 19.2 Å². The summed E-state index contributed by atoms with van der Waals surface area (Å²) in [5, 5.41) is 8.39. The minimum atomic E-state index is -3.56. The van der Waals surface area contributed by atoms with Gasteiger partial charge in [-0.3, -0.25) is 9.47 Å². The molecule has 1 unspecified atom stereocenters. The second-order valence-electron chi connectivity index (χ2n) is 5.82. The molecule has 0 spiro atoms. The van der Waals surface area contributed by atoms with E-state index in [2.05, 4.69) is 26.0 Å². The van der Waals surface area contributed by atoms with Gasteiger partial charge in [0.2, 0.25) is 0 Å². The lowest BCUT2D eigenvalue weighted by atomic mass is 9.93. The molecule has 9 heteroatoms. The van der Waals surface area contributed by atoms with Crippen LogP contribution in [0, 0.1) is 5.92 Å². The highest BCUT2D eigenvalue weighted by Crippen LogP contribution is 2.24. The molecule has 1 atom stereocenters. The largest absolute Gasteiger partial charge is 0.351 e. The Kier molecular flexibility index (Phi) is 4.48. The van der Waals surface area contributed by atoms with Crippen LogP contribution in [-0.2, 0) is 10.2 Å². The first kappa shape index (κ1) is 15.5. The average molecular weight is 326 g/mol. The topological polar surface area (TPSA) is 105 Å². The van der Waals surface area contributed by atoms with E-state index in [0.717, 1.165) is 38.2 Å². The Labute approximate surface area is 130 Å². The fourth-order valence-electron chi connectivity index (χ4n) is 3.05. The molecule has 0 bridgehead atoms. The van der Waals surface area contributed by atoms with E-state index < -0.39 is 10.2 Å². The molecule has 3 heterocycles. The lowest BCUT2D eigenvalue weighted by Crippen LogP contribution is -2.46. The van der Waals surface area contributed by atoms with Gasteiger partial charge in [0, 0.05) is 25.8 Å². The van der Waals surface area contributed by atoms with Gasteiger partial charge < -0.3 is 5.32 Å². The SMILES string of the molecule is NS(=O)(=O)NCCC1CCN(C2C=Cn3cncc3N2)CC1. The highest BCUT2D eigenvalue weighted by atomic mass is 32.2. The van der Waals surface area contributed by atoms with Gasteiger partial charge in [-0.15, -0.1) is 0 Å². The molecule has 122 valence electrons. The van der Waals surface area contributed by atoms with Gasteiger partial charge >= 0.3 is 0 Å². The number of nitrogens with one attached hydrogen (secondary N) is 2. The number of hydrogen-bond donors (Lipinski definition) is 3. The van der Waals surface area contributed by atoms with E-state index in [0.29, 0.717) is 12.5 Å². The molecule has 4 N–H and O–H groups in total. The van der Waals surface area contributed by atoms with E-state index in [4.69, 9.17) is 5.14 Å². The van der Waals surface area contributed by atoms with Gasteiger partial charge in [0.05, 0.1) is 6.20 Å². The molecule has 22 heavy (non-hydrogen) atoms. The summed E-state index contributed by atoms with van der Waals surface area (Å²) in [5.41, 5.74) is 0. The second kappa shape index (κ2) is 6.37. The average Bonchev–Trinajstić information content (AvgIpc) is 2.94. The first-order valence-electron chi connectivity index (χ1n) is 7.49. The van der Waals surface area contributed by atoms with Crippen LogP contribution in [0.3, 0.4) is 0 Å². The molecule has 2 aliphatic heterocycles. The van der Waals surface area contributed by atoms with Crippen molar-refractivity contribution in [2.75, 3.05) is 25.0 Å². The number of nitrogens with two attached hydrogens (primary N) is 1. The summed E-state index contributed by atoms with van der Waals surface area (Å²) in [5.74, 6) is 1.55. The van der Waals surface area contributed by atoms with Crippen LogP contribution in [0.4, 0.5) is 5.82 Å². The Balaban J connectivity index is 1.44. The number of imidazole rings is 1. The van der Waals surface area contributed by atoms with Crippen LogP contribution in [-0.4, -0.2) is 48.7 Å². The molecule has 0 aliphatic carbocycles. The first-order chi connectivity index (χ1) is 10.5. The number of piperidine rings is 1. The summed E-state index contributed by atoms with van der Waals surface area (Å²) >= 11 is 0. The molecular weight excluding hydrogens is 304 g/mol. The summed E-state index contributed by atoms with van der Waals surface area (Å²) in [6, 6.07) is 0. The zero-order valence-electron chi connectivity index (χ0n) is 12.4. The van der Waals surface area contributed by atoms with Crippen molar-refractivity contribution in [2.45, 2.75) is 25.4 Å². The molecular formula is C13H22N6O2S. The minimum Gasteiger partial charge on any atom is -0.351 e. The van der Waals surface area contributed by atoms with Gasteiger partial charge in [0.25, 0.3) is 10.2 Å². The van der Waals surface area contributed by atoms with Crippen molar-refractivity contribution in [1.29, 1.82) is 0 Å². The third-order valence-corrected chi connectivity index (χ3v) is 4.90. The van der Waals surface area contributed by atoms with Crippen LogP contribution in [0.15, 0.2) is 18.6 Å². The maximum Gasteiger partial charge on any atom is 0.274 e. The van der Waals surface area contributed by atoms with Crippen molar-refractivity contribution < 1.29 is 8.42 Å². The summed E-state index contributed by atoms with van der Waals surface area (Å²) in [6.07, 6.45) is 10.9. The van der Waals surface area contributed by atoms with E-state index >= 15 is 0 Å². The Hall–Kier alpha value is -1.42. The van der Waals surface area contributed by atoms with Crippen molar-refractivity contribution >= 4 is 22.2 Å². The van der Waals surface area contributed by atoms with Crippen molar-refractivity contribution in [3.8, 4) is 0 Å². The quantitative estimate of drug-likeness (QED) is 0.706. The summed E-state index contributed by atoms with van der Waals surface area (Å²) < 4.78 is 26.0. The van der Waals surface area contributed by atoms with Gasteiger partial charge in [-0.1, -0.05) is 0 Å². The lowest BCUT2D eigenvalue weighted by Gasteiger charge is -2.38. The van der Waals surface area contributed by atoms with Gasteiger partial charge in [0.1, 0.15) is 18.3 Å². The van der Waals surface area contributed by atoms with Crippen LogP contribution in [0.1, 0.15) is 19.3 Å². The molecule has 1 aromatic rings. The highest BCUT2D eigenvalue weighted by molar-refractivity contribution is 7.87. The van der Waals surface area contributed by atoms with Gasteiger partial charge in [-0.2, -0.15) is 8.42 Å². The molecule has 1 saturated heterocycles. The van der Waals surface area contributed by atoms with Crippen molar-refractivity contribution in [3.63, 3.8) is 0 Å². The van der Waals surface area contributed by atoms with E-state index in [1.807, 2.05) is 17.0 Å². The molecule has 0 amide bonds. The molecule has 8 nitrogen and oxygen atoms in total. The first-order valence-corrected chi connectivity index (χ1v) is 9.04. The molecule has 3 rings (SSSR count). The summed E-state index contributed by atoms with van der Waals surface area (Å²) in [7, 11) is -3.56. The maximum absolute atomic E-state index is 10.8. The fourth-order valence-corrected chi connectivity index (χ4v) is 3.45. The number of hydrogen-bond acceptors (Lipinski definition) is 5. The van der Waals surface area contributed by atoms with Crippen LogP contribution in [0.2, 0.25) is 0 Å². The second-order valence-corrected chi connectivity index (χ2v) is 7.20. The Morgan fingerprint density at radius 1 is 1.41 bits per heavy atom. The highest BCUT2D eigenvalue weighted by Gasteiger charge is 2.25. The standard InChI is InChI=1S/C13H22N6O2S/c14-22(20,21)16-5-1-11-2-6-18(7-3-11)12-4-8-19-10-15-9-13(19)17-12/h4,8-12,16-17H,1-3,5-7H2,(H2,14,20,21). The monoisotopic (exact) mass is 326 g/mol. The predicted molar refractivity (Wildman–Crippen MR) is 85.0 cm³/mol. The molecule has 0 saturated carbocycles. The summed E-state index contributed by atoms with van der Waals surface area (Å²) in [4.78, 5) is 6.51. The Bertz CT molecular complexity index is 633. The maximum atomic E-state index is 10.8. The zero-order valence-corrected chi connectivity index (χ0v) is 13.2. The Morgan fingerprint density at radius 2 is 2.18 bits per heavy atom. The van der Waals surface area contributed by atoms with E-state index in [1.165, 1.54) is 0 Å². The number of fused-ring (bicyclic) bond motifs is 1. The predicted octanol–water partition coefficient (Wildman–Crippen LogP) is 0.000600. The van der Waals surface area contributed by atoms with E-state index in [-0.39, 0.29) is 6.17 Å². The van der Waals surface area contributed by atoms with Gasteiger partial charge in [-0.25, -0.2) is 14.8 Å². The van der Waals surface area contributed by atoms with Crippen molar-refractivity contribution in [2.24, 2.45) is 11.1 Å². The smallest absolute Gasteiger partial charge is 0.274 e. The Morgan fingerprint density at radius 3 is 2.91 bits per heavy atom. The third kappa shape index (κ3) is 3.86. The molecule has 1 aromatic heterocycles. The minimum absolute atomic E-state index is 0.202. The number of anilines is 1. The molecule has 0 radical (unpaired) electrons. The fraction of sp³-hybridized carbons (Fsp3) is 0.615. The molecule has 0 aromatic carbocycles.